The Morgan fingerprint density at radius 1 is 1.11 bits per heavy atom. The minimum atomic E-state index is 0. The molecule has 1 rings (SSSR count). The molecule has 0 radical (unpaired) electrons. The summed E-state index contributed by atoms with van der Waals surface area (Å²) in [4.78, 5) is 3.63. The first-order chi connectivity index (χ1) is 6.81. The van der Waals surface area contributed by atoms with E-state index in [1.807, 2.05) is 0 Å². The molecule has 0 aliphatic rings. The summed E-state index contributed by atoms with van der Waals surface area (Å²) >= 11 is 0. The predicted molar refractivity (Wildman–Crippen MR) is 62.9 cm³/mol. The van der Waals surface area contributed by atoms with Gasteiger partial charge in [-0.2, -0.15) is 0 Å². The molecule has 0 amide bonds. The number of aromatic hydroxyl groups is 1. The third kappa shape index (κ3) is 25.4. The third-order valence-corrected chi connectivity index (χ3v) is 1.55. The van der Waals surface area contributed by atoms with Crippen molar-refractivity contribution in [1.82, 2.24) is 11.1 Å². The second-order valence-corrected chi connectivity index (χ2v) is 2.85. The number of hydrogen-bond acceptors (Lipinski definition) is 5. The SMILES string of the molecule is N.NCCCCCN.Oc1cccnc1.[Cl-].[Pt+2].[Pt+4]. The van der Waals surface area contributed by atoms with E-state index in [0.29, 0.717) is 0 Å². The zero-order valence-electron chi connectivity index (χ0n) is 10.1. The first-order valence-corrected chi connectivity index (χ1v) is 4.80. The van der Waals surface area contributed by atoms with E-state index < -0.39 is 0 Å². The van der Waals surface area contributed by atoms with Gasteiger partial charge in [-0.25, -0.2) is 0 Å². The van der Waals surface area contributed by atoms with Gasteiger partial charge in [0.15, 0.2) is 0 Å². The molecule has 0 atom stereocenters. The Labute approximate surface area is 144 Å². The Kier molecular flexibility index (Phi) is 45.1. The fraction of sp³-hybridized carbons (Fsp3) is 0.500. The topological polar surface area (TPSA) is 120 Å². The minimum Gasteiger partial charge on any atom is -1.00 e. The first-order valence-electron chi connectivity index (χ1n) is 4.80. The molecule has 8 heteroatoms. The van der Waals surface area contributed by atoms with Crippen LogP contribution in [0, 0.1) is 0 Å². The molecule has 0 aliphatic carbocycles. The van der Waals surface area contributed by atoms with Crippen molar-refractivity contribution in [3.63, 3.8) is 0 Å². The quantitative estimate of drug-likeness (QED) is 0.285. The predicted octanol–water partition coefficient (Wildman–Crippen LogP) is -1.98. The van der Waals surface area contributed by atoms with E-state index in [-0.39, 0.29) is 66.4 Å². The first kappa shape index (κ1) is 31.1. The molecule has 1 aromatic heterocycles. The summed E-state index contributed by atoms with van der Waals surface area (Å²) in [6.45, 7) is 1.61. The van der Waals surface area contributed by atoms with Crippen LogP contribution in [0.25, 0.3) is 0 Å². The number of unbranched alkanes of at least 4 members (excludes halogenated alkanes) is 2. The van der Waals surface area contributed by atoms with Crippen LogP contribution >= 0.6 is 0 Å². The molecule has 5 nitrogen and oxygen atoms in total. The van der Waals surface area contributed by atoms with E-state index in [0.717, 1.165) is 25.9 Å². The van der Waals surface area contributed by atoms with E-state index in [2.05, 4.69) is 4.98 Å². The Hall–Kier alpha value is 0.497. The van der Waals surface area contributed by atoms with Gasteiger partial charge >= 0.3 is 42.1 Å². The largest absolute Gasteiger partial charge is 4.00 e. The molecule has 0 fully saturated rings. The second kappa shape index (κ2) is 26.1. The fourth-order valence-electron chi connectivity index (χ4n) is 0.819. The number of nitrogens with two attached hydrogens (primary N) is 2. The van der Waals surface area contributed by atoms with Crippen molar-refractivity contribution in [2.24, 2.45) is 11.5 Å². The molecule has 1 aromatic rings. The molecule has 0 unspecified atom stereocenters. The molecule has 0 saturated carbocycles. The number of rotatable bonds is 4. The average Bonchev–Trinajstić information content (AvgIpc) is 2.21. The van der Waals surface area contributed by atoms with Crippen molar-refractivity contribution in [2.75, 3.05) is 13.1 Å². The van der Waals surface area contributed by atoms with Crippen LogP contribution in [0.4, 0.5) is 0 Å². The number of hydrogen-bond donors (Lipinski definition) is 4. The maximum absolute atomic E-state index is 8.57. The average molecular weight is 640 g/mol. The number of aromatic nitrogens is 1. The molecule has 0 saturated heterocycles. The van der Waals surface area contributed by atoms with E-state index in [1.54, 1.807) is 18.3 Å². The van der Waals surface area contributed by atoms with Crippen LogP contribution in [0.1, 0.15) is 19.3 Å². The number of pyridine rings is 1. The Morgan fingerprint density at radius 3 is 1.83 bits per heavy atom. The summed E-state index contributed by atoms with van der Waals surface area (Å²) in [6, 6.07) is 3.25. The standard InChI is InChI=1S/C5H14N2.C5H5NO.ClH.H3N.2Pt/c6-4-2-1-3-5-7;7-5-2-1-3-6-4-5;;;;/h1-7H2;1-4,7H;1H;1H3;;/q;;;;+2;+4/p-1. The molecule has 110 valence electrons. The van der Waals surface area contributed by atoms with E-state index in [1.165, 1.54) is 12.6 Å². The molecule has 0 spiro atoms. The smallest absolute Gasteiger partial charge is 1.00 e. The number of nitrogens with zero attached hydrogens (tertiary/aromatic N) is 1. The maximum Gasteiger partial charge on any atom is 4.00 e. The van der Waals surface area contributed by atoms with Crippen LogP contribution < -0.4 is 30.0 Å². The van der Waals surface area contributed by atoms with Gasteiger partial charge in [0, 0.05) is 6.20 Å². The molecule has 1 heterocycles. The van der Waals surface area contributed by atoms with Crippen molar-refractivity contribution in [3.8, 4) is 5.75 Å². The molecule has 18 heavy (non-hydrogen) atoms. The van der Waals surface area contributed by atoms with Crippen LogP contribution in [-0.2, 0) is 42.1 Å². The van der Waals surface area contributed by atoms with Crippen LogP contribution in [0.5, 0.6) is 5.75 Å². The molecule has 0 aromatic carbocycles. The van der Waals surface area contributed by atoms with Gasteiger partial charge in [-0.05, 0) is 38.1 Å². The third-order valence-electron chi connectivity index (χ3n) is 1.55. The summed E-state index contributed by atoms with van der Waals surface area (Å²) in [6.07, 6.45) is 6.43. The summed E-state index contributed by atoms with van der Waals surface area (Å²) in [5.41, 5.74) is 10.5. The zero-order valence-corrected chi connectivity index (χ0v) is 15.4. The molecular weight excluding hydrogens is 618 g/mol. The van der Waals surface area contributed by atoms with Crippen LogP contribution in [-0.4, -0.2) is 23.2 Å². The Morgan fingerprint density at radius 2 is 1.61 bits per heavy atom. The number of halogens is 1. The van der Waals surface area contributed by atoms with Gasteiger partial charge < -0.3 is 35.1 Å². The van der Waals surface area contributed by atoms with E-state index in [9.17, 15) is 0 Å². The van der Waals surface area contributed by atoms with Crippen molar-refractivity contribution in [2.45, 2.75) is 19.3 Å². The zero-order chi connectivity index (χ0) is 10.6. The van der Waals surface area contributed by atoms with Gasteiger partial charge in [0.2, 0.25) is 0 Å². The summed E-state index contributed by atoms with van der Waals surface area (Å²) in [7, 11) is 0. The van der Waals surface area contributed by atoms with Crippen molar-refractivity contribution in [3.05, 3.63) is 24.5 Å². The minimum absolute atomic E-state index is 0. The summed E-state index contributed by atoms with van der Waals surface area (Å²) < 4.78 is 0. The molecular formula is C10H22ClN4OPt2+5. The summed E-state index contributed by atoms with van der Waals surface area (Å²) in [5, 5.41) is 8.57. The van der Waals surface area contributed by atoms with E-state index >= 15 is 0 Å². The van der Waals surface area contributed by atoms with Crippen LogP contribution in [0.2, 0.25) is 0 Å². The fourth-order valence-corrected chi connectivity index (χ4v) is 0.819. The van der Waals surface area contributed by atoms with Gasteiger partial charge in [0.1, 0.15) is 5.75 Å². The van der Waals surface area contributed by atoms with Crippen molar-refractivity contribution < 1.29 is 59.6 Å². The molecule has 8 N–H and O–H groups in total. The Balaban J connectivity index is -0.0000000512. The normalized spacial score (nSPS) is 7.00. The van der Waals surface area contributed by atoms with Crippen molar-refractivity contribution >= 4 is 0 Å². The van der Waals surface area contributed by atoms with Gasteiger partial charge in [0.25, 0.3) is 0 Å². The summed E-state index contributed by atoms with van der Waals surface area (Å²) in [5.74, 6) is 0.211. The second-order valence-electron chi connectivity index (χ2n) is 2.85. The monoisotopic (exact) mass is 639 g/mol. The van der Waals surface area contributed by atoms with Crippen LogP contribution in [0.3, 0.4) is 0 Å². The van der Waals surface area contributed by atoms with Crippen LogP contribution in [0.15, 0.2) is 24.5 Å². The van der Waals surface area contributed by atoms with Crippen molar-refractivity contribution in [1.29, 1.82) is 0 Å². The molecule has 0 aliphatic heterocycles. The van der Waals surface area contributed by atoms with E-state index in [4.69, 9.17) is 16.6 Å². The van der Waals surface area contributed by atoms with Gasteiger partial charge in [-0.3, -0.25) is 4.98 Å². The molecule has 0 bridgehead atoms. The van der Waals surface area contributed by atoms with Gasteiger partial charge in [-0.1, -0.05) is 6.42 Å². The van der Waals surface area contributed by atoms with Gasteiger partial charge in [0.05, 0.1) is 6.20 Å². The maximum atomic E-state index is 8.57. The Bertz CT molecular complexity index is 216. The van der Waals surface area contributed by atoms with Gasteiger partial charge in [-0.15, -0.1) is 0 Å².